The lowest BCUT2D eigenvalue weighted by atomic mass is 10.0. The van der Waals surface area contributed by atoms with Gasteiger partial charge in [0.15, 0.2) is 11.6 Å². The van der Waals surface area contributed by atoms with Gasteiger partial charge in [0, 0.05) is 19.0 Å². The van der Waals surface area contributed by atoms with Crippen molar-refractivity contribution < 1.29 is 13.9 Å². The van der Waals surface area contributed by atoms with Crippen molar-refractivity contribution in [3.05, 3.63) is 59.7 Å². The van der Waals surface area contributed by atoms with Crippen LogP contribution in [0.3, 0.4) is 0 Å². The molecule has 3 aromatic rings. The Hall–Kier alpha value is -3.09. The van der Waals surface area contributed by atoms with Gasteiger partial charge in [-0.25, -0.2) is 14.2 Å². The van der Waals surface area contributed by atoms with Crippen LogP contribution in [0.2, 0.25) is 0 Å². The van der Waals surface area contributed by atoms with Crippen molar-refractivity contribution in [3.8, 4) is 5.75 Å². The summed E-state index contributed by atoms with van der Waals surface area (Å²) in [5.74, 6) is 0.577. The Bertz CT molecular complexity index is 969. The van der Waals surface area contributed by atoms with Gasteiger partial charge < -0.3 is 19.9 Å². The first-order chi connectivity index (χ1) is 12.6. The second-order valence-corrected chi connectivity index (χ2v) is 6.25. The summed E-state index contributed by atoms with van der Waals surface area (Å²) >= 11 is 0. The lowest BCUT2D eigenvalue weighted by Crippen LogP contribution is -2.39. The lowest BCUT2D eigenvalue weighted by Gasteiger charge is -2.26. The molecule has 0 unspecified atom stereocenters. The van der Waals surface area contributed by atoms with Crippen LogP contribution in [-0.4, -0.2) is 22.2 Å². The number of nitrogens with one attached hydrogen (secondary N) is 2. The van der Waals surface area contributed by atoms with Crippen LogP contribution in [0.5, 0.6) is 5.75 Å². The smallest absolute Gasteiger partial charge is 0.315 e. The number of benzene rings is 2. The minimum atomic E-state index is -0.408. The van der Waals surface area contributed by atoms with Crippen LogP contribution in [0.25, 0.3) is 11.0 Å². The van der Waals surface area contributed by atoms with Gasteiger partial charge in [-0.15, -0.1) is 0 Å². The van der Waals surface area contributed by atoms with Gasteiger partial charge in [-0.3, -0.25) is 0 Å². The summed E-state index contributed by atoms with van der Waals surface area (Å²) in [6.07, 6.45) is 0.593. The highest BCUT2D eigenvalue weighted by atomic mass is 19.1. The van der Waals surface area contributed by atoms with E-state index in [1.165, 1.54) is 6.07 Å². The van der Waals surface area contributed by atoms with Gasteiger partial charge in [-0.05, 0) is 18.2 Å². The van der Waals surface area contributed by atoms with Crippen LogP contribution in [0.15, 0.2) is 42.5 Å². The van der Waals surface area contributed by atoms with E-state index in [-0.39, 0.29) is 17.8 Å². The summed E-state index contributed by atoms with van der Waals surface area (Å²) < 4.78 is 21.2. The van der Waals surface area contributed by atoms with Crippen molar-refractivity contribution in [2.75, 3.05) is 6.61 Å². The van der Waals surface area contributed by atoms with E-state index < -0.39 is 5.82 Å². The monoisotopic (exact) mass is 354 g/mol. The Balaban J connectivity index is 1.43. The van der Waals surface area contributed by atoms with Crippen LogP contribution in [0.4, 0.5) is 9.18 Å². The number of rotatable bonds is 3. The normalized spacial score (nSPS) is 16.0. The van der Waals surface area contributed by atoms with Crippen molar-refractivity contribution in [1.82, 2.24) is 20.2 Å². The van der Waals surface area contributed by atoms with Gasteiger partial charge in [-0.1, -0.05) is 24.3 Å². The highest BCUT2D eigenvalue weighted by molar-refractivity contribution is 5.77. The molecule has 1 aromatic heterocycles. The summed E-state index contributed by atoms with van der Waals surface area (Å²) in [5.41, 5.74) is 2.56. The predicted molar refractivity (Wildman–Crippen MR) is 95.3 cm³/mol. The standard InChI is InChI=1S/C19H19FN4O2/c1-24-16-8-3-2-7-15(16)22-17(24)11-21-19(25)23-14-9-10-26-18-12(14)5-4-6-13(18)20/h2-8,14H,9-11H2,1H3,(H2,21,23,25)/t14-/m0/s1. The third kappa shape index (κ3) is 2.96. The molecule has 4 rings (SSSR count). The molecule has 1 atom stereocenters. The van der Waals surface area contributed by atoms with Crippen LogP contribution in [0, 0.1) is 5.82 Å². The number of aryl methyl sites for hydroxylation is 1. The van der Waals surface area contributed by atoms with Crippen molar-refractivity contribution >= 4 is 17.1 Å². The van der Waals surface area contributed by atoms with Gasteiger partial charge in [0.25, 0.3) is 0 Å². The predicted octanol–water partition coefficient (Wildman–Crippen LogP) is 3.04. The molecule has 0 saturated heterocycles. The first-order valence-electron chi connectivity index (χ1n) is 8.49. The van der Waals surface area contributed by atoms with Crippen molar-refractivity contribution in [2.45, 2.75) is 19.0 Å². The summed E-state index contributed by atoms with van der Waals surface area (Å²) in [6.45, 7) is 0.667. The van der Waals surface area contributed by atoms with E-state index in [0.717, 1.165) is 16.9 Å². The zero-order chi connectivity index (χ0) is 18.1. The molecule has 0 spiro atoms. The van der Waals surface area contributed by atoms with Gasteiger partial charge in [0.2, 0.25) is 0 Å². The van der Waals surface area contributed by atoms with Crippen molar-refractivity contribution in [3.63, 3.8) is 0 Å². The largest absolute Gasteiger partial charge is 0.490 e. The molecule has 2 heterocycles. The summed E-state index contributed by atoms with van der Waals surface area (Å²) in [7, 11) is 1.92. The number of hydrogen-bond donors (Lipinski definition) is 2. The third-order valence-corrected chi connectivity index (χ3v) is 4.62. The van der Waals surface area contributed by atoms with Gasteiger partial charge in [0.05, 0.1) is 30.2 Å². The maximum absolute atomic E-state index is 13.8. The molecular formula is C19H19FN4O2. The Morgan fingerprint density at radius 2 is 2.15 bits per heavy atom. The molecule has 0 bridgehead atoms. The molecule has 0 fully saturated rings. The molecule has 0 radical (unpaired) electrons. The van der Waals surface area contributed by atoms with Gasteiger partial charge in [-0.2, -0.15) is 0 Å². The molecule has 1 aliphatic rings. The first kappa shape index (κ1) is 16.4. The van der Waals surface area contributed by atoms with E-state index in [4.69, 9.17) is 4.74 Å². The average Bonchev–Trinajstić information content (AvgIpc) is 2.97. The van der Waals surface area contributed by atoms with Crippen LogP contribution >= 0.6 is 0 Å². The molecule has 0 aliphatic carbocycles. The zero-order valence-electron chi connectivity index (χ0n) is 14.3. The van der Waals surface area contributed by atoms with Crippen LogP contribution in [0.1, 0.15) is 23.9 Å². The van der Waals surface area contributed by atoms with E-state index in [0.29, 0.717) is 25.1 Å². The zero-order valence-corrected chi connectivity index (χ0v) is 14.3. The molecule has 2 aromatic carbocycles. The molecule has 2 amide bonds. The van der Waals surface area contributed by atoms with Crippen molar-refractivity contribution in [1.29, 1.82) is 0 Å². The number of aromatic nitrogens is 2. The second kappa shape index (κ2) is 6.67. The number of urea groups is 1. The Kier molecular flexibility index (Phi) is 4.20. The molecule has 26 heavy (non-hydrogen) atoms. The van der Waals surface area contributed by atoms with E-state index in [9.17, 15) is 9.18 Å². The van der Waals surface area contributed by atoms with Gasteiger partial charge >= 0.3 is 6.03 Å². The fourth-order valence-corrected chi connectivity index (χ4v) is 3.26. The second-order valence-electron chi connectivity index (χ2n) is 6.25. The summed E-state index contributed by atoms with van der Waals surface area (Å²) in [5, 5.41) is 5.72. The number of carbonyl (C=O) groups is 1. The minimum absolute atomic E-state index is 0.222. The number of hydrogen-bond acceptors (Lipinski definition) is 3. The SMILES string of the molecule is Cn1c(CNC(=O)N[C@H]2CCOc3c(F)cccc32)nc2ccccc21. The number of nitrogens with zero attached hydrogens (tertiary/aromatic N) is 2. The van der Waals surface area contributed by atoms with E-state index >= 15 is 0 Å². The van der Waals surface area contributed by atoms with Crippen LogP contribution in [-0.2, 0) is 13.6 Å². The maximum atomic E-state index is 13.8. The number of amides is 2. The molecule has 1 aliphatic heterocycles. The molecule has 2 N–H and O–H groups in total. The number of halogens is 1. The summed E-state index contributed by atoms with van der Waals surface area (Å²) in [6, 6.07) is 12.0. The number of para-hydroxylation sites is 3. The fraction of sp³-hybridized carbons (Fsp3) is 0.263. The van der Waals surface area contributed by atoms with E-state index in [1.54, 1.807) is 12.1 Å². The number of carbonyl (C=O) groups excluding carboxylic acids is 1. The summed E-state index contributed by atoms with van der Waals surface area (Å²) in [4.78, 5) is 16.8. The average molecular weight is 354 g/mol. The third-order valence-electron chi connectivity index (χ3n) is 4.62. The molecule has 7 heteroatoms. The quantitative estimate of drug-likeness (QED) is 0.760. The number of ether oxygens (including phenoxy) is 1. The first-order valence-corrected chi connectivity index (χ1v) is 8.49. The molecule has 6 nitrogen and oxygen atoms in total. The highest BCUT2D eigenvalue weighted by Gasteiger charge is 2.25. The molecule has 134 valence electrons. The molecular weight excluding hydrogens is 335 g/mol. The topological polar surface area (TPSA) is 68.2 Å². The lowest BCUT2D eigenvalue weighted by molar-refractivity contribution is 0.219. The Morgan fingerprint density at radius 3 is 3.00 bits per heavy atom. The molecule has 0 saturated carbocycles. The highest BCUT2D eigenvalue weighted by Crippen LogP contribution is 2.33. The number of fused-ring (bicyclic) bond motifs is 2. The van der Waals surface area contributed by atoms with E-state index in [2.05, 4.69) is 15.6 Å². The minimum Gasteiger partial charge on any atom is -0.490 e. The van der Waals surface area contributed by atoms with E-state index in [1.807, 2.05) is 35.9 Å². The van der Waals surface area contributed by atoms with Gasteiger partial charge in [0.1, 0.15) is 5.82 Å². The van der Waals surface area contributed by atoms with Crippen LogP contribution < -0.4 is 15.4 Å². The fourth-order valence-electron chi connectivity index (χ4n) is 3.26. The maximum Gasteiger partial charge on any atom is 0.315 e. The Labute approximate surface area is 150 Å². The number of imidazole rings is 1. The Morgan fingerprint density at radius 1 is 1.31 bits per heavy atom. The van der Waals surface area contributed by atoms with Crippen molar-refractivity contribution in [2.24, 2.45) is 7.05 Å².